The smallest absolute Gasteiger partial charge is 0.337 e. The van der Waals surface area contributed by atoms with Crippen molar-refractivity contribution in [2.45, 2.75) is 13.3 Å². The Balaban J connectivity index is 2.16. The van der Waals surface area contributed by atoms with Gasteiger partial charge in [0.1, 0.15) is 6.54 Å². The minimum absolute atomic E-state index is 0.169. The van der Waals surface area contributed by atoms with Gasteiger partial charge in [-0.1, -0.05) is 36.2 Å². The first-order valence-corrected chi connectivity index (χ1v) is 9.33. The predicted octanol–water partition coefficient (Wildman–Crippen LogP) is 4.27. The van der Waals surface area contributed by atoms with Crippen molar-refractivity contribution in [2.24, 2.45) is 0 Å². The molecule has 0 bridgehead atoms. The van der Waals surface area contributed by atoms with Gasteiger partial charge in [0.2, 0.25) is 5.91 Å². The molecule has 0 spiro atoms. The number of anilines is 1. The third-order valence-corrected chi connectivity index (χ3v) is 4.41. The van der Waals surface area contributed by atoms with Crippen molar-refractivity contribution >= 4 is 46.7 Å². The van der Waals surface area contributed by atoms with Crippen molar-refractivity contribution in [1.82, 2.24) is 4.90 Å². The molecule has 2 aromatic rings. The maximum absolute atomic E-state index is 12.9. The summed E-state index contributed by atoms with van der Waals surface area (Å²) in [5.41, 5.74) is 0.931. The third kappa shape index (κ3) is 5.71. The quantitative estimate of drug-likeness (QED) is 0.675. The zero-order chi connectivity index (χ0) is 20.7. The fraction of sp³-hybridized carbons (Fsp3) is 0.250. The number of hydrogen-bond donors (Lipinski definition) is 1. The monoisotopic (exact) mass is 422 g/mol. The SMILES string of the molecule is CCCN(CC(=O)Nc1cc(Cl)ccc1Cl)C(=O)c1cccc(C(=O)OC)c1. The summed E-state index contributed by atoms with van der Waals surface area (Å²) in [6, 6.07) is 10.9. The van der Waals surface area contributed by atoms with Crippen LogP contribution in [0, 0.1) is 0 Å². The number of hydrogen-bond acceptors (Lipinski definition) is 4. The Bertz CT molecular complexity index is 886. The summed E-state index contributed by atoms with van der Waals surface area (Å²) >= 11 is 12.0. The molecule has 0 saturated carbocycles. The Kier molecular flexibility index (Phi) is 7.84. The maximum Gasteiger partial charge on any atom is 0.337 e. The standard InChI is InChI=1S/C20H20Cl2N2O4/c1-3-9-24(12-18(25)23-17-11-15(21)7-8-16(17)22)19(26)13-5-4-6-14(10-13)20(27)28-2/h4-8,10-11H,3,9,12H2,1-2H3,(H,23,25). The molecule has 2 amide bonds. The van der Waals surface area contributed by atoms with Gasteiger partial charge in [-0.25, -0.2) is 4.79 Å². The fourth-order valence-corrected chi connectivity index (χ4v) is 2.90. The maximum atomic E-state index is 12.9. The number of rotatable bonds is 7. The van der Waals surface area contributed by atoms with Gasteiger partial charge in [-0.05, 0) is 42.8 Å². The summed E-state index contributed by atoms with van der Waals surface area (Å²) in [5, 5.41) is 3.44. The van der Waals surface area contributed by atoms with Gasteiger partial charge in [0, 0.05) is 17.1 Å². The van der Waals surface area contributed by atoms with Crippen LogP contribution in [0.2, 0.25) is 10.0 Å². The van der Waals surface area contributed by atoms with Crippen LogP contribution in [-0.4, -0.2) is 42.9 Å². The Morgan fingerprint density at radius 2 is 1.79 bits per heavy atom. The van der Waals surface area contributed by atoms with Crippen LogP contribution in [0.4, 0.5) is 5.69 Å². The Morgan fingerprint density at radius 3 is 2.46 bits per heavy atom. The van der Waals surface area contributed by atoms with Gasteiger partial charge >= 0.3 is 5.97 Å². The lowest BCUT2D eigenvalue weighted by atomic mass is 10.1. The van der Waals surface area contributed by atoms with E-state index >= 15 is 0 Å². The first kappa shape index (κ1) is 21.7. The van der Waals surface area contributed by atoms with Crippen LogP contribution in [-0.2, 0) is 9.53 Å². The molecule has 0 atom stereocenters. The molecule has 6 nitrogen and oxygen atoms in total. The lowest BCUT2D eigenvalue weighted by molar-refractivity contribution is -0.116. The molecule has 0 heterocycles. The van der Waals surface area contributed by atoms with Crippen LogP contribution in [0.25, 0.3) is 0 Å². The number of nitrogens with one attached hydrogen (secondary N) is 1. The molecule has 0 aromatic heterocycles. The van der Waals surface area contributed by atoms with Gasteiger partial charge in [0.05, 0.1) is 23.4 Å². The number of methoxy groups -OCH3 is 1. The van der Waals surface area contributed by atoms with E-state index in [1.807, 2.05) is 6.92 Å². The molecule has 2 aromatic carbocycles. The second kappa shape index (κ2) is 10.1. The van der Waals surface area contributed by atoms with Crippen molar-refractivity contribution < 1.29 is 19.1 Å². The highest BCUT2D eigenvalue weighted by atomic mass is 35.5. The average Bonchev–Trinajstić information content (AvgIpc) is 2.69. The Morgan fingerprint density at radius 1 is 1.07 bits per heavy atom. The summed E-state index contributed by atoms with van der Waals surface area (Å²) in [5.74, 6) is -1.31. The minimum atomic E-state index is -0.537. The first-order chi connectivity index (χ1) is 13.3. The molecule has 0 aliphatic carbocycles. The summed E-state index contributed by atoms with van der Waals surface area (Å²) in [7, 11) is 1.27. The van der Waals surface area contributed by atoms with Gasteiger partial charge in [-0.3, -0.25) is 9.59 Å². The number of benzene rings is 2. The molecular formula is C20H20Cl2N2O4. The molecule has 0 fully saturated rings. The van der Waals surface area contributed by atoms with Crippen LogP contribution in [0.1, 0.15) is 34.1 Å². The van der Waals surface area contributed by atoms with Crippen molar-refractivity contribution in [3.8, 4) is 0 Å². The molecule has 1 N–H and O–H groups in total. The van der Waals surface area contributed by atoms with E-state index in [1.54, 1.807) is 30.3 Å². The molecule has 0 unspecified atom stereocenters. The van der Waals surface area contributed by atoms with E-state index in [4.69, 9.17) is 23.2 Å². The van der Waals surface area contributed by atoms with E-state index in [-0.39, 0.29) is 18.0 Å². The molecule has 2 rings (SSSR count). The predicted molar refractivity (Wildman–Crippen MR) is 109 cm³/mol. The second-order valence-corrected chi connectivity index (χ2v) is 6.82. The van der Waals surface area contributed by atoms with E-state index < -0.39 is 11.9 Å². The van der Waals surface area contributed by atoms with Crippen LogP contribution in [0.3, 0.4) is 0 Å². The molecule has 28 heavy (non-hydrogen) atoms. The molecule has 148 valence electrons. The number of ether oxygens (including phenoxy) is 1. The van der Waals surface area contributed by atoms with Crippen molar-refractivity contribution in [3.05, 3.63) is 63.6 Å². The van der Waals surface area contributed by atoms with Crippen molar-refractivity contribution in [2.75, 3.05) is 25.5 Å². The normalized spacial score (nSPS) is 10.3. The topological polar surface area (TPSA) is 75.7 Å². The van der Waals surface area contributed by atoms with Crippen LogP contribution >= 0.6 is 23.2 Å². The number of nitrogens with zero attached hydrogens (tertiary/aromatic N) is 1. The molecule has 0 aliphatic rings. The van der Waals surface area contributed by atoms with E-state index in [9.17, 15) is 14.4 Å². The van der Waals surface area contributed by atoms with E-state index in [0.717, 1.165) is 0 Å². The minimum Gasteiger partial charge on any atom is -0.465 e. The van der Waals surface area contributed by atoms with Crippen molar-refractivity contribution in [1.29, 1.82) is 0 Å². The summed E-state index contributed by atoms with van der Waals surface area (Å²) < 4.78 is 4.68. The van der Waals surface area contributed by atoms with Gasteiger partial charge < -0.3 is 15.0 Å². The Labute approximate surface area is 173 Å². The van der Waals surface area contributed by atoms with Gasteiger partial charge in [-0.15, -0.1) is 0 Å². The molecule has 8 heteroatoms. The molecule has 0 saturated heterocycles. The third-order valence-electron chi connectivity index (χ3n) is 3.85. The number of halogens is 2. The van der Waals surface area contributed by atoms with E-state index in [1.165, 1.54) is 24.1 Å². The van der Waals surface area contributed by atoms with E-state index in [0.29, 0.717) is 34.3 Å². The number of esters is 1. The molecular weight excluding hydrogens is 403 g/mol. The van der Waals surface area contributed by atoms with Crippen LogP contribution in [0.15, 0.2) is 42.5 Å². The van der Waals surface area contributed by atoms with Crippen LogP contribution < -0.4 is 5.32 Å². The largest absolute Gasteiger partial charge is 0.465 e. The zero-order valence-corrected chi connectivity index (χ0v) is 17.0. The first-order valence-electron chi connectivity index (χ1n) is 8.58. The Hall–Kier alpha value is -2.57. The summed E-state index contributed by atoms with van der Waals surface area (Å²) in [6.45, 7) is 2.10. The number of amides is 2. The van der Waals surface area contributed by atoms with Gasteiger partial charge in [0.25, 0.3) is 5.91 Å². The zero-order valence-electron chi connectivity index (χ0n) is 15.5. The highest BCUT2D eigenvalue weighted by Gasteiger charge is 2.20. The van der Waals surface area contributed by atoms with Crippen molar-refractivity contribution in [3.63, 3.8) is 0 Å². The van der Waals surface area contributed by atoms with Gasteiger partial charge in [0.15, 0.2) is 0 Å². The highest BCUT2D eigenvalue weighted by molar-refractivity contribution is 6.35. The molecule has 0 aliphatic heterocycles. The second-order valence-electron chi connectivity index (χ2n) is 5.97. The lowest BCUT2D eigenvalue weighted by Gasteiger charge is -2.22. The summed E-state index contributed by atoms with van der Waals surface area (Å²) in [6.07, 6.45) is 0.660. The lowest BCUT2D eigenvalue weighted by Crippen LogP contribution is -2.38. The number of carbonyl (C=O) groups is 3. The number of carbonyl (C=O) groups excluding carboxylic acids is 3. The van der Waals surface area contributed by atoms with Crippen LogP contribution in [0.5, 0.6) is 0 Å². The van der Waals surface area contributed by atoms with Gasteiger partial charge in [-0.2, -0.15) is 0 Å². The van der Waals surface area contributed by atoms with E-state index in [2.05, 4.69) is 10.1 Å². The molecule has 0 radical (unpaired) electrons. The fourth-order valence-electron chi connectivity index (χ4n) is 2.56. The summed E-state index contributed by atoms with van der Waals surface area (Å²) in [4.78, 5) is 38.4. The highest BCUT2D eigenvalue weighted by Crippen LogP contribution is 2.25. The average molecular weight is 423 g/mol.